The van der Waals surface area contributed by atoms with Gasteiger partial charge in [-0.25, -0.2) is 0 Å². The Morgan fingerprint density at radius 1 is 1.23 bits per heavy atom. The van der Waals surface area contributed by atoms with Crippen molar-refractivity contribution in [1.29, 1.82) is 5.26 Å². The molecule has 0 bridgehead atoms. The van der Waals surface area contributed by atoms with Crippen LogP contribution in [0.4, 0.5) is 5.69 Å². The number of carbonyl (C=O) groups is 1. The minimum atomic E-state index is 0.0159. The highest BCUT2D eigenvalue weighted by atomic mass is 32.1. The fourth-order valence-corrected chi connectivity index (χ4v) is 3.82. The van der Waals surface area contributed by atoms with Crippen LogP contribution in [0.3, 0.4) is 0 Å². The number of anilines is 1. The molecule has 0 spiro atoms. The van der Waals surface area contributed by atoms with Gasteiger partial charge < -0.3 is 4.90 Å². The molecule has 0 saturated carbocycles. The first kappa shape index (κ1) is 16.6. The Kier molecular flexibility index (Phi) is 4.37. The van der Waals surface area contributed by atoms with Gasteiger partial charge in [-0.2, -0.15) is 14.0 Å². The maximum atomic E-state index is 12.7. The van der Waals surface area contributed by atoms with Gasteiger partial charge in [-0.1, -0.05) is 18.2 Å². The molecule has 1 aliphatic heterocycles. The first-order valence-corrected chi connectivity index (χ1v) is 9.13. The van der Waals surface area contributed by atoms with Crippen molar-refractivity contribution in [1.82, 2.24) is 13.6 Å². The molecule has 1 amide bonds. The lowest BCUT2D eigenvalue weighted by Gasteiger charge is -2.39. The number of rotatable bonds is 3. The Hall–Kier alpha value is -2.82. The number of aromatic nitrogens is 2. The lowest BCUT2D eigenvalue weighted by Crippen LogP contribution is -2.55. The molecule has 0 radical (unpaired) electrons. The predicted molar refractivity (Wildman–Crippen MR) is 101 cm³/mol. The summed E-state index contributed by atoms with van der Waals surface area (Å²) in [5, 5.41) is 9.31. The fourth-order valence-electron chi connectivity index (χ4n) is 3.30. The van der Waals surface area contributed by atoms with E-state index >= 15 is 0 Å². The number of fused-ring (bicyclic) bond motifs is 1. The van der Waals surface area contributed by atoms with Crippen LogP contribution < -0.4 is 4.90 Å². The Morgan fingerprint density at radius 2 is 2.04 bits per heavy atom. The van der Waals surface area contributed by atoms with Crippen molar-refractivity contribution in [2.75, 3.05) is 18.0 Å². The van der Waals surface area contributed by atoms with Crippen LogP contribution in [0.25, 0.3) is 11.0 Å². The largest absolute Gasteiger partial charge is 0.308 e. The Bertz CT molecular complexity index is 1010. The molecule has 4 rings (SSSR count). The van der Waals surface area contributed by atoms with Crippen LogP contribution in [0.15, 0.2) is 42.5 Å². The zero-order valence-electron chi connectivity index (χ0n) is 14.3. The summed E-state index contributed by atoms with van der Waals surface area (Å²) in [6.07, 6.45) is 0. The van der Waals surface area contributed by atoms with E-state index < -0.39 is 0 Å². The van der Waals surface area contributed by atoms with Gasteiger partial charge in [0.25, 0.3) is 0 Å². The van der Waals surface area contributed by atoms with Crippen molar-refractivity contribution in [3.8, 4) is 6.07 Å². The van der Waals surface area contributed by atoms with Gasteiger partial charge in [0.15, 0.2) is 0 Å². The number of nitriles is 1. The van der Waals surface area contributed by atoms with Crippen molar-refractivity contribution < 1.29 is 4.79 Å². The van der Waals surface area contributed by atoms with Crippen LogP contribution >= 0.6 is 11.7 Å². The molecule has 3 aromatic rings. The highest BCUT2D eigenvalue weighted by Gasteiger charge is 2.31. The molecule has 1 atom stereocenters. The van der Waals surface area contributed by atoms with E-state index in [-0.39, 0.29) is 11.9 Å². The van der Waals surface area contributed by atoms with Crippen LogP contribution in [-0.4, -0.2) is 38.7 Å². The van der Waals surface area contributed by atoms with E-state index in [4.69, 9.17) is 0 Å². The van der Waals surface area contributed by atoms with Crippen molar-refractivity contribution in [2.45, 2.75) is 19.5 Å². The van der Waals surface area contributed by atoms with Crippen molar-refractivity contribution in [2.24, 2.45) is 0 Å². The van der Waals surface area contributed by atoms with E-state index in [0.29, 0.717) is 30.9 Å². The van der Waals surface area contributed by atoms with E-state index in [9.17, 15) is 10.1 Å². The van der Waals surface area contributed by atoms with Crippen LogP contribution in [0, 0.1) is 11.3 Å². The summed E-state index contributed by atoms with van der Waals surface area (Å²) in [5.41, 5.74) is 4.15. The lowest BCUT2D eigenvalue weighted by atomic mass is 10.1. The third-order valence-electron chi connectivity index (χ3n) is 4.73. The lowest BCUT2D eigenvalue weighted by molar-refractivity contribution is -0.122. The van der Waals surface area contributed by atoms with Gasteiger partial charge in [0.1, 0.15) is 17.1 Å². The number of hydrogen-bond donors (Lipinski definition) is 0. The smallest absolute Gasteiger partial charge is 0.241 e. The van der Waals surface area contributed by atoms with Gasteiger partial charge in [0.05, 0.1) is 29.5 Å². The molecule has 7 heteroatoms. The molecule has 1 aliphatic rings. The monoisotopic (exact) mass is 363 g/mol. The molecular weight excluding hydrogens is 346 g/mol. The maximum absolute atomic E-state index is 12.7. The fraction of sp³-hybridized carbons (Fsp3) is 0.263. The van der Waals surface area contributed by atoms with Gasteiger partial charge in [-0.3, -0.25) is 9.69 Å². The Morgan fingerprint density at radius 3 is 2.88 bits per heavy atom. The molecule has 130 valence electrons. The third kappa shape index (κ3) is 3.05. The van der Waals surface area contributed by atoms with Crippen LogP contribution in [0.2, 0.25) is 0 Å². The zero-order chi connectivity index (χ0) is 18.1. The second-order valence-electron chi connectivity index (χ2n) is 6.47. The summed E-state index contributed by atoms with van der Waals surface area (Å²) in [7, 11) is 0. The molecule has 0 unspecified atom stereocenters. The second kappa shape index (κ2) is 6.83. The van der Waals surface area contributed by atoms with Crippen LogP contribution in [-0.2, 0) is 11.3 Å². The molecule has 2 heterocycles. The summed E-state index contributed by atoms with van der Waals surface area (Å²) in [6.45, 7) is 3.69. The van der Waals surface area contributed by atoms with Gasteiger partial charge >= 0.3 is 0 Å². The van der Waals surface area contributed by atoms with E-state index in [0.717, 1.165) is 16.6 Å². The number of piperazine rings is 1. The summed E-state index contributed by atoms with van der Waals surface area (Å²) in [4.78, 5) is 16.6. The highest BCUT2D eigenvalue weighted by Crippen LogP contribution is 2.25. The number of carbonyl (C=O) groups excluding carboxylic acids is 1. The molecule has 1 saturated heterocycles. The number of benzene rings is 2. The van der Waals surface area contributed by atoms with Crippen LogP contribution in [0.1, 0.15) is 18.1 Å². The minimum Gasteiger partial charge on any atom is -0.308 e. The molecule has 6 nitrogen and oxygen atoms in total. The van der Waals surface area contributed by atoms with Gasteiger partial charge in [0.2, 0.25) is 5.91 Å². The number of para-hydroxylation sites is 1. The number of amides is 1. The molecule has 26 heavy (non-hydrogen) atoms. The molecule has 0 N–H and O–H groups in total. The van der Waals surface area contributed by atoms with Gasteiger partial charge in [-0.15, -0.1) is 0 Å². The van der Waals surface area contributed by atoms with E-state index in [1.165, 1.54) is 11.7 Å². The zero-order valence-corrected chi connectivity index (χ0v) is 15.1. The average molecular weight is 363 g/mol. The van der Waals surface area contributed by atoms with E-state index in [1.807, 2.05) is 36.4 Å². The Balaban J connectivity index is 1.53. The summed E-state index contributed by atoms with van der Waals surface area (Å²) in [5.74, 6) is 0.0159. The van der Waals surface area contributed by atoms with Gasteiger partial charge in [0, 0.05) is 19.1 Å². The summed E-state index contributed by atoms with van der Waals surface area (Å²) >= 11 is 1.21. The first-order chi connectivity index (χ1) is 12.7. The maximum Gasteiger partial charge on any atom is 0.241 e. The van der Waals surface area contributed by atoms with E-state index in [2.05, 4.69) is 26.6 Å². The molecule has 2 aromatic carbocycles. The molecule has 1 fully saturated rings. The molecule has 1 aromatic heterocycles. The SMILES string of the molecule is C[C@H]1CN(c2ccccc2C#N)C(=O)CN1Cc1ccc2nsnc2c1. The first-order valence-electron chi connectivity index (χ1n) is 8.40. The summed E-state index contributed by atoms with van der Waals surface area (Å²) in [6, 6.07) is 15.7. The number of hydrogen-bond acceptors (Lipinski definition) is 6. The Labute approximate surface area is 155 Å². The topological polar surface area (TPSA) is 73.1 Å². The minimum absolute atomic E-state index is 0.0159. The average Bonchev–Trinajstić information content (AvgIpc) is 3.12. The number of nitrogens with zero attached hydrogens (tertiary/aromatic N) is 5. The quantitative estimate of drug-likeness (QED) is 0.715. The standard InChI is InChI=1S/C19H17N5OS/c1-13-10-24(18-5-3-2-4-15(18)9-20)19(25)12-23(13)11-14-6-7-16-17(8-14)22-26-21-16/h2-8,13H,10-12H2,1H3/t13-/m0/s1. The van der Waals surface area contributed by atoms with E-state index in [1.54, 1.807) is 11.0 Å². The highest BCUT2D eigenvalue weighted by molar-refractivity contribution is 7.00. The predicted octanol–water partition coefficient (Wildman–Crippen LogP) is 2.80. The van der Waals surface area contributed by atoms with Crippen molar-refractivity contribution in [3.63, 3.8) is 0 Å². The second-order valence-corrected chi connectivity index (χ2v) is 7.00. The normalized spacial score (nSPS) is 18.2. The summed E-state index contributed by atoms with van der Waals surface area (Å²) < 4.78 is 8.51. The van der Waals surface area contributed by atoms with Crippen molar-refractivity contribution in [3.05, 3.63) is 53.6 Å². The molecular formula is C19H17N5OS. The third-order valence-corrected chi connectivity index (χ3v) is 5.29. The van der Waals surface area contributed by atoms with Crippen molar-refractivity contribution >= 4 is 34.4 Å². The molecule has 0 aliphatic carbocycles. The van der Waals surface area contributed by atoms with Gasteiger partial charge in [-0.05, 0) is 36.8 Å². The van der Waals surface area contributed by atoms with Crippen LogP contribution in [0.5, 0.6) is 0 Å².